The first-order valence-corrected chi connectivity index (χ1v) is 6.56. The Kier molecular flexibility index (Phi) is 4.74. The van der Waals surface area contributed by atoms with Crippen LogP contribution in [0.15, 0.2) is 12.3 Å². The second kappa shape index (κ2) is 6.55. The summed E-state index contributed by atoms with van der Waals surface area (Å²) in [6.45, 7) is 3.48. The van der Waals surface area contributed by atoms with Gasteiger partial charge < -0.3 is 10.1 Å². The molecule has 0 saturated heterocycles. The summed E-state index contributed by atoms with van der Waals surface area (Å²) < 4.78 is 5.88. The van der Waals surface area contributed by atoms with Gasteiger partial charge in [0.2, 0.25) is 5.95 Å². The summed E-state index contributed by atoms with van der Waals surface area (Å²) in [5.74, 6) is 0.692. The lowest BCUT2D eigenvalue weighted by atomic mass is 9.98. The molecule has 0 amide bonds. The van der Waals surface area contributed by atoms with Crippen molar-refractivity contribution < 1.29 is 4.74 Å². The van der Waals surface area contributed by atoms with E-state index in [0.717, 1.165) is 12.2 Å². The summed E-state index contributed by atoms with van der Waals surface area (Å²) >= 11 is 0. The Hall–Kier alpha value is -1.16. The highest BCUT2D eigenvalue weighted by Crippen LogP contribution is 2.21. The summed E-state index contributed by atoms with van der Waals surface area (Å²) in [6, 6.07) is 1.92. The van der Waals surface area contributed by atoms with Crippen LogP contribution in [-0.4, -0.2) is 22.6 Å². The van der Waals surface area contributed by atoms with E-state index in [9.17, 15) is 0 Å². The number of ether oxygens (including phenoxy) is 1. The number of nitrogens with zero attached hydrogens (tertiary/aromatic N) is 2. The van der Waals surface area contributed by atoms with Crippen LogP contribution in [0.4, 0.5) is 5.95 Å². The highest BCUT2D eigenvalue weighted by Gasteiger charge is 2.13. The molecule has 1 aliphatic rings. The Morgan fingerprint density at radius 2 is 2.18 bits per heavy atom. The molecule has 0 bridgehead atoms. The smallest absolute Gasteiger partial charge is 0.222 e. The zero-order chi connectivity index (χ0) is 11.9. The zero-order valence-corrected chi connectivity index (χ0v) is 10.5. The van der Waals surface area contributed by atoms with Crippen LogP contribution in [0, 0.1) is 0 Å². The Balaban J connectivity index is 1.83. The molecule has 0 aromatic carbocycles. The van der Waals surface area contributed by atoms with Crippen molar-refractivity contribution in [2.24, 2.45) is 0 Å². The molecule has 1 heterocycles. The Labute approximate surface area is 103 Å². The third-order valence-corrected chi connectivity index (χ3v) is 3.07. The average Bonchev–Trinajstić information content (AvgIpc) is 2.39. The van der Waals surface area contributed by atoms with Crippen molar-refractivity contribution >= 4 is 5.95 Å². The molecular formula is C13H21N3O. The fourth-order valence-corrected chi connectivity index (χ4v) is 2.15. The fourth-order valence-electron chi connectivity index (χ4n) is 2.15. The molecule has 0 spiro atoms. The van der Waals surface area contributed by atoms with Gasteiger partial charge in [-0.2, -0.15) is 0 Å². The fraction of sp³-hybridized carbons (Fsp3) is 0.692. The van der Waals surface area contributed by atoms with Gasteiger partial charge in [-0.25, -0.2) is 9.97 Å². The summed E-state index contributed by atoms with van der Waals surface area (Å²) in [7, 11) is 0. The van der Waals surface area contributed by atoms with Crippen LogP contribution < -0.4 is 5.32 Å². The number of aromatic nitrogens is 2. The predicted octanol–water partition coefficient (Wildman–Crippen LogP) is 2.76. The summed E-state index contributed by atoms with van der Waals surface area (Å²) in [5, 5.41) is 3.11. The number of hydrogen-bond donors (Lipinski definition) is 1. The zero-order valence-electron chi connectivity index (χ0n) is 10.5. The van der Waals surface area contributed by atoms with Gasteiger partial charge >= 0.3 is 0 Å². The van der Waals surface area contributed by atoms with Gasteiger partial charge in [-0.05, 0) is 25.8 Å². The van der Waals surface area contributed by atoms with Crippen molar-refractivity contribution in [3.63, 3.8) is 0 Å². The highest BCUT2D eigenvalue weighted by atomic mass is 16.5. The maximum absolute atomic E-state index is 5.88. The SMILES string of the molecule is CCNc1nccc(COC2CCCCC2)n1. The second-order valence-electron chi connectivity index (χ2n) is 4.47. The lowest BCUT2D eigenvalue weighted by Gasteiger charge is -2.21. The van der Waals surface area contributed by atoms with E-state index in [1.807, 2.05) is 13.0 Å². The maximum atomic E-state index is 5.88. The van der Waals surface area contributed by atoms with Crippen molar-refractivity contribution in [1.29, 1.82) is 0 Å². The van der Waals surface area contributed by atoms with Crippen molar-refractivity contribution in [3.05, 3.63) is 18.0 Å². The van der Waals surface area contributed by atoms with E-state index < -0.39 is 0 Å². The van der Waals surface area contributed by atoms with Gasteiger partial charge in [0.05, 0.1) is 18.4 Å². The minimum Gasteiger partial charge on any atom is -0.372 e. The molecule has 2 rings (SSSR count). The standard InChI is InChI=1S/C13H21N3O/c1-2-14-13-15-9-8-11(16-13)10-17-12-6-4-3-5-7-12/h8-9,12H,2-7,10H2,1H3,(H,14,15,16). The van der Waals surface area contributed by atoms with Crippen LogP contribution >= 0.6 is 0 Å². The predicted molar refractivity (Wildman–Crippen MR) is 67.9 cm³/mol. The quantitative estimate of drug-likeness (QED) is 0.852. The van der Waals surface area contributed by atoms with Crippen LogP contribution in [0.2, 0.25) is 0 Å². The molecule has 94 valence electrons. The van der Waals surface area contributed by atoms with Crippen LogP contribution in [-0.2, 0) is 11.3 Å². The number of nitrogens with one attached hydrogen (secondary N) is 1. The number of rotatable bonds is 5. The number of anilines is 1. The van der Waals surface area contributed by atoms with Crippen LogP contribution in [0.3, 0.4) is 0 Å². The third kappa shape index (κ3) is 3.97. The molecule has 4 nitrogen and oxygen atoms in total. The van der Waals surface area contributed by atoms with Crippen LogP contribution in [0.5, 0.6) is 0 Å². The molecule has 17 heavy (non-hydrogen) atoms. The van der Waals surface area contributed by atoms with E-state index in [4.69, 9.17) is 4.74 Å². The molecule has 1 saturated carbocycles. The first kappa shape index (κ1) is 12.3. The molecule has 1 aliphatic carbocycles. The average molecular weight is 235 g/mol. The molecule has 1 aromatic heterocycles. The van der Waals surface area contributed by atoms with Crippen LogP contribution in [0.25, 0.3) is 0 Å². The molecule has 0 atom stereocenters. The van der Waals surface area contributed by atoms with Crippen molar-refractivity contribution in [2.45, 2.75) is 51.7 Å². The van der Waals surface area contributed by atoms with Gasteiger partial charge in [0.15, 0.2) is 0 Å². The molecule has 1 aromatic rings. The van der Waals surface area contributed by atoms with E-state index in [1.165, 1.54) is 32.1 Å². The lowest BCUT2D eigenvalue weighted by molar-refractivity contribution is 0.0153. The monoisotopic (exact) mass is 235 g/mol. The maximum Gasteiger partial charge on any atom is 0.222 e. The van der Waals surface area contributed by atoms with Crippen molar-refractivity contribution in [3.8, 4) is 0 Å². The van der Waals surface area contributed by atoms with E-state index in [-0.39, 0.29) is 0 Å². The summed E-state index contributed by atoms with van der Waals surface area (Å²) in [4.78, 5) is 8.55. The van der Waals surface area contributed by atoms with Gasteiger partial charge in [0.1, 0.15) is 0 Å². The minimum absolute atomic E-state index is 0.432. The normalized spacial score (nSPS) is 17.0. The molecule has 1 N–H and O–H groups in total. The Morgan fingerprint density at radius 3 is 2.94 bits per heavy atom. The van der Waals surface area contributed by atoms with Gasteiger partial charge in [-0.1, -0.05) is 19.3 Å². The molecule has 0 aliphatic heterocycles. The van der Waals surface area contributed by atoms with Gasteiger partial charge in [-0.3, -0.25) is 0 Å². The highest BCUT2D eigenvalue weighted by molar-refractivity contribution is 5.24. The van der Waals surface area contributed by atoms with Crippen molar-refractivity contribution in [2.75, 3.05) is 11.9 Å². The first-order valence-electron chi connectivity index (χ1n) is 6.56. The molecule has 4 heteroatoms. The summed E-state index contributed by atoms with van der Waals surface area (Å²) in [5.41, 5.74) is 0.960. The topological polar surface area (TPSA) is 47.0 Å². The molecular weight excluding hydrogens is 214 g/mol. The number of hydrogen-bond acceptors (Lipinski definition) is 4. The van der Waals surface area contributed by atoms with Crippen molar-refractivity contribution in [1.82, 2.24) is 9.97 Å². The largest absolute Gasteiger partial charge is 0.372 e. The second-order valence-corrected chi connectivity index (χ2v) is 4.47. The van der Waals surface area contributed by atoms with Gasteiger partial charge in [-0.15, -0.1) is 0 Å². The third-order valence-electron chi connectivity index (χ3n) is 3.07. The first-order chi connectivity index (χ1) is 8.38. The molecule has 0 radical (unpaired) electrons. The van der Waals surface area contributed by atoms with E-state index in [2.05, 4.69) is 15.3 Å². The lowest BCUT2D eigenvalue weighted by Crippen LogP contribution is -2.16. The van der Waals surface area contributed by atoms with E-state index >= 15 is 0 Å². The van der Waals surface area contributed by atoms with Gasteiger partial charge in [0, 0.05) is 12.7 Å². The van der Waals surface area contributed by atoms with Crippen LogP contribution in [0.1, 0.15) is 44.7 Å². The van der Waals surface area contributed by atoms with E-state index in [0.29, 0.717) is 18.7 Å². The van der Waals surface area contributed by atoms with E-state index in [1.54, 1.807) is 6.20 Å². The van der Waals surface area contributed by atoms with Gasteiger partial charge in [0.25, 0.3) is 0 Å². The summed E-state index contributed by atoms with van der Waals surface area (Å²) in [6.07, 6.45) is 8.58. The Morgan fingerprint density at radius 1 is 1.35 bits per heavy atom. The minimum atomic E-state index is 0.432. The Bertz CT molecular complexity index is 337. The molecule has 1 fully saturated rings. The molecule has 0 unspecified atom stereocenters.